The molecule has 37 heavy (non-hydrogen) atoms. The van der Waals surface area contributed by atoms with E-state index in [1.807, 2.05) is 12.3 Å². The quantitative estimate of drug-likeness (QED) is 0.560. The molecule has 11 heteroatoms. The molecule has 2 aromatic heterocycles. The Morgan fingerprint density at radius 2 is 1.92 bits per heavy atom. The van der Waals surface area contributed by atoms with Gasteiger partial charge in [-0.3, -0.25) is 9.59 Å². The summed E-state index contributed by atoms with van der Waals surface area (Å²) >= 11 is 6.23. The number of morpholine rings is 1. The third-order valence-corrected chi connectivity index (χ3v) is 8.23. The lowest BCUT2D eigenvalue weighted by atomic mass is 9.71. The number of nitrogens with one attached hydrogen (secondary N) is 1. The molecule has 1 spiro atoms. The number of halogens is 2. The van der Waals surface area contributed by atoms with Crippen molar-refractivity contribution < 1.29 is 18.7 Å². The Bertz CT molecular complexity index is 1350. The first-order valence-electron chi connectivity index (χ1n) is 12.7. The summed E-state index contributed by atoms with van der Waals surface area (Å²) in [4.78, 5) is 35.1. The van der Waals surface area contributed by atoms with Gasteiger partial charge < -0.3 is 19.9 Å². The van der Waals surface area contributed by atoms with Gasteiger partial charge in [-0.05, 0) is 56.4 Å². The van der Waals surface area contributed by atoms with Gasteiger partial charge in [0.25, 0.3) is 5.91 Å². The maximum absolute atomic E-state index is 13.5. The standard InChI is InChI=1S/C26H28ClFN6O3/c27-20-15-17(28)1-2-21(20)33-10-8-26(25(33)36)6-3-18(4-7-26)30-24(35)19-16-29-34-9-5-22(31-23(19)34)32-11-13-37-14-12-32/h1-2,5,9,15-16,18H,3-4,6-8,10-14H2,(H,30,35). The van der Waals surface area contributed by atoms with E-state index in [0.717, 1.165) is 25.3 Å². The fourth-order valence-electron chi connectivity index (χ4n) is 5.78. The molecule has 3 aromatic rings. The number of ether oxygens (including phenoxy) is 1. The molecule has 0 radical (unpaired) electrons. The Kier molecular flexibility index (Phi) is 6.24. The Morgan fingerprint density at radius 3 is 2.68 bits per heavy atom. The predicted molar refractivity (Wildman–Crippen MR) is 137 cm³/mol. The molecule has 2 amide bonds. The lowest BCUT2D eigenvalue weighted by Gasteiger charge is -2.36. The maximum atomic E-state index is 13.5. The summed E-state index contributed by atoms with van der Waals surface area (Å²) in [5.41, 5.74) is 1.05. The van der Waals surface area contributed by atoms with Crippen LogP contribution in [0.25, 0.3) is 5.65 Å². The van der Waals surface area contributed by atoms with Crippen molar-refractivity contribution in [3.05, 3.63) is 53.1 Å². The van der Waals surface area contributed by atoms with Gasteiger partial charge in [0.15, 0.2) is 5.65 Å². The molecule has 194 valence electrons. The second-order valence-corrected chi connectivity index (χ2v) is 10.4. The molecule has 1 N–H and O–H groups in total. The zero-order valence-corrected chi connectivity index (χ0v) is 21.1. The molecule has 3 aliphatic rings. The third-order valence-electron chi connectivity index (χ3n) is 7.93. The van der Waals surface area contributed by atoms with Crippen molar-refractivity contribution in [2.45, 2.75) is 38.1 Å². The Morgan fingerprint density at radius 1 is 1.14 bits per heavy atom. The van der Waals surface area contributed by atoms with E-state index in [4.69, 9.17) is 21.3 Å². The highest BCUT2D eigenvalue weighted by molar-refractivity contribution is 6.34. The van der Waals surface area contributed by atoms with Crippen LogP contribution < -0.4 is 15.1 Å². The van der Waals surface area contributed by atoms with Crippen molar-refractivity contribution in [3.8, 4) is 0 Å². The van der Waals surface area contributed by atoms with Gasteiger partial charge in [0.1, 0.15) is 17.2 Å². The SMILES string of the molecule is O=C(NC1CCC2(CC1)CCN(c1ccc(F)cc1Cl)C2=O)c1cnn2ccc(N3CCOCC3)nc12. The number of carbonyl (C=O) groups excluding carboxylic acids is 2. The van der Waals surface area contributed by atoms with Gasteiger partial charge in [0.05, 0.1) is 35.5 Å². The smallest absolute Gasteiger partial charge is 0.256 e. The van der Waals surface area contributed by atoms with E-state index in [9.17, 15) is 14.0 Å². The van der Waals surface area contributed by atoms with Crippen molar-refractivity contribution in [2.75, 3.05) is 42.6 Å². The average molecular weight is 527 g/mol. The first-order chi connectivity index (χ1) is 17.9. The van der Waals surface area contributed by atoms with E-state index in [1.54, 1.807) is 21.7 Å². The first kappa shape index (κ1) is 24.1. The number of anilines is 2. The van der Waals surface area contributed by atoms with Crippen LogP contribution in [0, 0.1) is 11.2 Å². The van der Waals surface area contributed by atoms with Gasteiger partial charge >= 0.3 is 0 Å². The Balaban J connectivity index is 1.11. The van der Waals surface area contributed by atoms with Gasteiger partial charge in [-0.15, -0.1) is 0 Å². The summed E-state index contributed by atoms with van der Waals surface area (Å²) in [5.74, 6) is 0.203. The van der Waals surface area contributed by atoms with Crippen molar-refractivity contribution in [1.82, 2.24) is 19.9 Å². The van der Waals surface area contributed by atoms with Crippen LogP contribution in [0.5, 0.6) is 0 Å². The summed E-state index contributed by atoms with van der Waals surface area (Å²) in [6, 6.07) is 5.99. The number of aromatic nitrogens is 3. The second-order valence-electron chi connectivity index (χ2n) is 10.0. The molecule has 2 aliphatic heterocycles. The summed E-state index contributed by atoms with van der Waals surface area (Å²) in [5, 5.41) is 7.68. The highest BCUT2D eigenvalue weighted by Gasteiger charge is 2.49. The minimum Gasteiger partial charge on any atom is -0.378 e. The van der Waals surface area contributed by atoms with E-state index in [-0.39, 0.29) is 22.9 Å². The molecule has 2 saturated heterocycles. The minimum atomic E-state index is -0.460. The van der Waals surface area contributed by atoms with Gasteiger partial charge in [-0.1, -0.05) is 11.6 Å². The first-order valence-corrected chi connectivity index (χ1v) is 13.1. The van der Waals surface area contributed by atoms with Crippen LogP contribution in [-0.2, 0) is 9.53 Å². The molecule has 0 bridgehead atoms. The minimum absolute atomic E-state index is 0.0354. The topological polar surface area (TPSA) is 92.1 Å². The van der Waals surface area contributed by atoms with Crippen molar-refractivity contribution >= 4 is 40.6 Å². The summed E-state index contributed by atoms with van der Waals surface area (Å²) in [7, 11) is 0. The molecule has 1 saturated carbocycles. The predicted octanol–water partition coefficient (Wildman–Crippen LogP) is 3.45. The van der Waals surface area contributed by atoms with Crippen LogP contribution in [0.3, 0.4) is 0 Å². The molecule has 0 unspecified atom stereocenters. The van der Waals surface area contributed by atoms with Gasteiger partial charge in [0.2, 0.25) is 5.91 Å². The number of hydrogen-bond acceptors (Lipinski definition) is 6. The van der Waals surface area contributed by atoms with E-state index in [1.165, 1.54) is 12.1 Å². The van der Waals surface area contributed by atoms with Crippen LogP contribution in [0.1, 0.15) is 42.5 Å². The molecule has 0 atom stereocenters. The van der Waals surface area contributed by atoms with E-state index < -0.39 is 11.2 Å². The van der Waals surface area contributed by atoms with E-state index in [0.29, 0.717) is 62.3 Å². The number of nitrogens with zero attached hydrogens (tertiary/aromatic N) is 5. The highest BCUT2D eigenvalue weighted by atomic mass is 35.5. The maximum Gasteiger partial charge on any atom is 0.256 e. The Hall–Kier alpha value is -3.24. The zero-order chi connectivity index (χ0) is 25.6. The van der Waals surface area contributed by atoms with Crippen LogP contribution in [0.15, 0.2) is 36.7 Å². The van der Waals surface area contributed by atoms with Crippen LogP contribution in [0.2, 0.25) is 5.02 Å². The Labute approximate surface area is 218 Å². The number of benzene rings is 1. The van der Waals surface area contributed by atoms with Crippen molar-refractivity contribution in [1.29, 1.82) is 0 Å². The fraction of sp³-hybridized carbons (Fsp3) is 0.462. The normalized spacial score (nSPS) is 24.3. The van der Waals surface area contributed by atoms with Crippen molar-refractivity contribution in [3.63, 3.8) is 0 Å². The summed E-state index contributed by atoms with van der Waals surface area (Å²) < 4.78 is 20.5. The third kappa shape index (κ3) is 4.42. The van der Waals surface area contributed by atoms with E-state index >= 15 is 0 Å². The largest absolute Gasteiger partial charge is 0.378 e. The van der Waals surface area contributed by atoms with E-state index in [2.05, 4.69) is 15.3 Å². The van der Waals surface area contributed by atoms with Crippen LogP contribution in [0.4, 0.5) is 15.9 Å². The van der Waals surface area contributed by atoms with Crippen LogP contribution >= 0.6 is 11.6 Å². The average Bonchev–Trinajstić information content (AvgIpc) is 3.47. The molecule has 3 fully saturated rings. The van der Waals surface area contributed by atoms with Gasteiger partial charge in [0, 0.05) is 31.9 Å². The van der Waals surface area contributed by atoms with Gasteiger partial charge in [-0.2, -0.15) is 5.10 Å². The molecule has 4 heterocycles. The lowest BCUT2D eigenvalue weighted by Crippen LogP contribution is -2.44. The summed E-state index contributed by atoms with van der Waals surface area (Å²) in [6.45, 7) is 3.37. The molecule has 1 aromatic carbocycles. The van der Waals surface area contributed by atoms with Crippen LogP contribution in [-0.4, -0.2) is 65.3 Å². The number of rotatable bonds is 4. The number of amides is 2. The molecular weight excluding hydrogens is 499 g/mol. The molecule has 1 aliphatic carbocycles. The highest BCUT2D eigenvalue weighted by Crippen LogP contribution is 2.47. The molecular formula is C26H28ClFN6O3. The number of hydrogen-bond donors (Lipinski definition) is 1. The number of fused-ring (bicyclic) bond motifs is 1. The lowest BCUT2D eigenvalue weighted by molar-refractivity contribution is -0.127. The molecule has 9 nitrogen and oxygen atoms in total. The zero-order valence-electron chi connectivity index (χ0n) is 20.3. The number of carbonyl (C=O) groups is 2. The monoisotopic (exact) mass is 526 g/mol. The summed E-state index contributed by atoms with van der Waals surface area (Å²) in [6.07, 6.45) is 6.86. The van der Waals surface area contributed by atoms with Crippen molar-refractivity contribution in [2.24, 2.45) is 5.41 Å². The second kappa shape index (κ2) is 9.57. The van der Waals surface area contributed by atoms with Gasteiger partial charge in [-0.25, -0.2) is 13.9 Å². The molecule has 6 rings (SSSR count). The fourth-order valence-corrected chi connectivity index (χ4v) is 6.05.